The molecule has 0 aliphatic carbocycles. The lowest BCUT2D eigenvalue weighted by molar-refractivity contribution is 0.393. The van der Waals surface area contributed by atoms with Gasteiger partial charge in [0, 0.05) is 18.1 Å². The Kier molecular flexibility index (Phi) is 4.60. The molecule has 0 fully saturated rings. The van der Waals surface area contributed by atoms with Crippen molar-refractivity contribution in [2.75, 3.05) is 5.09 Å². The molecule has 0 saturated heterocycles. The molecule has 0 aliphatic heterocycles. The molecule has 6 heteroatoms. The number of anilines is 1. The normalized spacial score (nSPS) is 10.8. The number of benzene rings is 2. The highest BCUT2D eigenvalue weighted by Gasteiger charge is 2.29. The third-order valence-corrected chi connectivity index (χ3v) is 4.32. The van der Waals surface area contributed by atoms with Gasteiger partial charge >= 0.3 is 7.75 Å². The first kappa shape index (κ1) is 15.1. The van der Waals surface area contributed by atoms with E-state index in [1.54, 1.807) is 73.1 Å². The average molecular weight is 326 g/mol. The summed E-state index contributed by atoms with van der Waals surface area (Å²) in [6.07, 6.45) is 3.19. The number of para-hydroxylation sites is 2. The van der Waals surface area contributed by atoms with Crippen LogP contribution >= 0.6 is 7.75 Å². The number of rotatable bonds is 6. The highest BCUT2D eigenvalue weighted by Crippen LogP contribution is 2.48. The van der Waals surface area contributed by atoms with Crippen LogP contribution in [0.15, 0.2) is 85.2 Å². The highest BCUT2D eigenvalue weighted by atomic mass is 31.2. The standard InChI is InChI=1S/C17H15N2O3P/c20-23(19-15-11-13-18-14-12-15,21-16-7-3-1-4-8-16)22-17-9-5-2-6-10-17/h1-14H,(H,18,19,20). The quantitative estimate of drug-likeness (QED) is 0.662. The Labute approximate surface area is 134 Å². The van der Waals surface area contributed by atoms with Gasteiger partial charge in [0.15, 0.2) is 0 Å². The largest absolute Gasteiger partial charge is 0.541 e. The predicted octanol–water partition coefficient (Wildman–Crippen LogP) is 4.76. The van der Waals surface area contributed by atoms with E-state index in [0.717, 1.165) is 0 Å². The van der Waals surface area contributed by atoms with E-state index in [0.29, 0.717) is 17.2 Å². The van der Waals surface area contributed by atoms with Gasteiger partial charge in [-0.15, -0.1) is 0 Å². The molecular formula is C17H15N2O3P. The van der Waals surface area contributed by atoms with Gasteiger partial charge < -0.3 is 9.05 Å². The monoisotopic (exact) mass is 326 g/mol. The molecule has 23 heavy (non-hydrogen) atoms. The Bertz CT molecular complexity index is 675. The predicted molar refractivity (Wildman–Crippen MR) is 89.6 cm³/mol. The van der Waals surface area contributed by atoms with Crippen LogP contribution in [0.3, 0.4) is 0 Å². The summed E-state index contributed by atoms with van der Waals surface area (Å²) in [5.74, 6) is 0.904. The van der Waals surface area contributed by atoms with Crippen LogP contribution in [0.5, 0.6) is 11.5 Å². The Balaban J connectivity index is 1.87. The van der Waals surface area contributed by atoms with Crippen LogP contribution in [0.1, 0.15) is 0 Å². The summed E-state index contributed by atoms with van der Waals surface area (Å²) >= 11 is 0. The second-order valence-corrected chi connectivity index (χ2v) is 6.24. The molecule has 1 N–H and O–H groups in total. The van der Waals surface area contributed by atoms with Crippen LogP contribution in [-0.4, -0.2) is 4.98 Å². The summed E-state index contributed by atoms with van der Waals surface area (Å²) in [6.45, 7) is 0. The van der Waals surface area contributed by atoms with Crippen molar-refractivity contribution in [3.05, 3.63) is 85.2 Å². The van der Waals surface area contributed by atoms with Gasteiger partial charge in [0.25, 0.3) is 0 Å². The number of nitrogens with one attached hydrogen (secondary N) is 1. The highest BCUT2D eigenvalue weighted by molar-refractivity contribution is 7.56. The third kappa shape index (κ3) is 4.34. The summed E-state index contributed by atoms with van der Waals surface area (Å²) in [7, 11) is -3.66. The smallest absolute Gasteiger partial charge is 0.400 e. The fourth-order valence-corrected chi connectivity index (χ4v) is 3.28. The van der Waals surface area contributed by atoms with E-state index < -0.39 is 7.75 Å². The molecule has 2 aromatic carbocycles. The van der Waals surface area contributed by atoms with Crippen LogP contribution in [0.2, 0.25) is 0 Å². The summed E-state index contributed by atoms with van der Waals surface area (Å²) < 4.78 is 24.4. The van der Waals surface area contributed by atoms with E-state index in [9.17, 15) is 4.57 Å². The van der Waals surface area contributed by atoms with Crippen molar-refractivity contribution in [2.24, 2.45) is 0 Å². The molecule has 3 rings (SSSR count). The minimum atomic E-state index is -3.66. The maximum Gasteiger partial charge on any atom is 0.541 e. The van der Waals surface area contributed by atoms with E-state index in [1.807, 2.05) is 12.1 Å². The summed E-state index contributed by atoms with van der Waals surface area (Å²) in [6, 6.07) is 21.2. The van der Waals surface area contributed by atoms with Gasteiger partial charge in [-0.2, -0.15) is 0 Å². The van der Waals surface area contributed by atoms with Gasteiger partial charge in [0.1, 0.15) is 11.5 Å². The van der Waals surface area contributed by atoms with Crippen molar-refractivity contribution in [2.45, 2.75) is 0 Å². The van der Waals surface area contributed by atoms with E-state index in [4.69, 9.17) is 9.05 Å². The van der Waals surface area contributed by atoms with Crippen molar-refractivity contribution in [1.82, 2.24) is 4.98 Å². The van der Waals surface area contributed by atoms with Crippen LogP contribution in [0.25, 0.3) is 0 Å². The van der Waals surface area contributed by atoms with Crippen molar-refractivity contribution in [3.8, 4) is 11.5 Å². The van der Waals surface area contributed by atoms with Gasteiger partial charge in [-0.3, -0.25) is 10.1 Å². The fraction of sp³-hybridized carbons (Fsp3) is 0. The average Bonchev–Trinajstić information content (AvgIpc) is 2.57. The zero-order valence-corrected chi connectivity index (χ0v) is 13.1. The molecule has 0 unspecified atom stereocenters. The van der Waals surface area contributed by atoms with Crippen molar-refractivity contribution >= 4 is 13.4 Å². The topological polar surface area (TPSA) is 60.5 Å². The van der Waals surface area contributed by atoms with E-state index in [1.165, 1.54) is 0 Å². The van der Waals surface area contributed by atoms with Crippen LogP contribution in [-0.2, 0) is 4.57 Å². The molecule has 0 aliphatic rings. The van der Waals surface area contributed by atoms with Crippen LogP contribution in [0.4, 0.5) is 5.69 Å². The molecule has 3 aromatic rings. The molecule has 0 bridgehead atoms. The molecule has 0 atom stereocenters. The lowest BCUT2D eigenvalue weighted by Crippen LogP contribution is -2.09. The molecule has 116 valence electrons. The van der Waals surface area contributed by atoms with E-state index in [2.05, 4.69) is 10.1 Å². The zero-order valence-electron chi connectivity index (χ0n) is 12.2. The first-order valence-corrected chi connectivity index (χ1v) is 8.55. The van der Waals surface area contributed by atoms with Crippen LogP contribution in [0, 0.1) is 0 Å². The van der Waals surface area contributed by atoms with Gasteiger partial charge in [-0.25, -0.2) is 4.57 Å². The number of pyridine rings is 1. The second-order valence-electron chi connectivity index (χ2n) is 4.65. The Morgan fingerprint density at radius 1 is 0.739 bits per heavy atom. The lowest BCUT2D eigenvalue weighted by Gasteiger charge is -2.20. The molecular weight excluding hydrogens is 311 g/mol. The van der Waals surface area contributed by atoms with E-state index in [-0.39, 0.29) is 0 Å². The summed E-state index contributed by atoms with van der Waals surface area (Å²) in [4.78, 5) is 3.93. The zero-order chi connectivity index (χ0) is 16.0. The maximum atomic E-state index is 13.1. The number of hydrogen-bond donors (Lipinski definition) is 1. The van der Waals surface area contributed by atoms with Crippen molar-refractivity contribution in [1.29, 1.82) is 0 Å². The van der Waals surface area contributed by atoms with Crippen LogP contribution < -0.4 is 14.1 Å². The molecule has 1 heterocycles. The van der Waals surface area contributed by atoms with Crippen molar-refractivity contribution < 1.29 is 13.6 Å². The second kappa shape index (κ2) is 6.99. The van der Waals surface area contributed by atoms with Gasteiger partial charge in [0.2, 0.25) is 0 Å². The van der Waals surface area contributed by atoms with Gasteiger partial charge in [0.05, 0.1) is 0 Å². The first-order valence-electron chi connectivity index (χ1n) is 7.01. The Hall–Kier alpha value is -2.78. The Morgan fingerprint density at radius 3 is 1.70 bits per heavy atom. The maximum absolute atomic E-state index is 13.1. The molecule has 0 radical (unpaired) electrons. The summed E-state index contributed by atoms with van der Waals surface area (Å²) in [5, 5.41) is 2.82. The number of hydrogen-bond acceptors (Lipinski definition) is 4. The lowest BCUT2D eigenvalue weighted by atomic mass is 10.3. The van der Waals surface area contributed by atoms with Gasteiger partial charge in [-0.05, 0) is 36.4 Å². The fourth-order valence-electron chi connectivity index (χ4n) is 1.89. The molecule has 0 amide bonds. The van der Waals surface area contributed by atoms with E-state index >= 15 is 0 Å². The minimum Gasteiger partial charge on any atom is -0.400 e. The Morgan fingerprint density at radius 2 is 1.22 bits per heavy atom. The SMILES string of the molecule is O=P(Nc1ccncc1)(Oc1ccccc1)Oc1ccccc1. The molecule has 5 nitrogen and oxygen atoms in total. The van der Waals surface area contributed by atoms with Crippen molar-refractivity contribution in [3.63, 3.8) is 0 Å². The molecule has 1 aromatic heterocycles. The van der Waals surface area contributed by atoms with Gasteiger partial charge in [-0.1, -0.05) is 36.4 Å². The number of nitrogens with zero attached hydrogens (tertiary/aromatic N) is 1. The first-order chi connectivity index (χ1) is 11.2. The third-order valence-electron chi connectivity index (χ3n) is 2.88. The molecule has 0 saturated carbocycles. The molecule has 0 spiro atoms. The summed E-state index contributed by atoms with van der Waals surface area (Å²) in [5.41, 5.74) is 0.593. The number of aromatic nitrogens is 1. The minimum absolute atomic E-state index is 0.452.